The molecular formula is C16H19NO3. The van der Waals surface area contributed by atoms with E-state index in [0.717, 1.165) is 42.2 Å². The number of furan rings is 1. The smallest absolute Gasteiger partial charge is 0.287 e. The van der Waals surface area contributed by atoms with Gasteiger partial charge in [0, 0.05) is 17.5 Å². The first-order valence-electron chi connectivity index (χ1n) is 7.08. The molecular weight excluding hydrogens is 254 g/mol. The first-order valence-corrected chi connectivity index (χ1v) is 7.08. The van der Waals surface area contributed by atoms with Gasteiger partial charge in [-0.05, 0) is 25.8 Å². The summed E-state index contributed by atoms with van der Waals surface area (Å²) in [5.74, 6) is 0.0896. The highest BCUT2D eigenvalue weighted by Crippen LogP contribution is 2.29. The number of para-hydroxylation sites is 1. The van der Waals surface area contributed by atoms with Gasteiger partial charge in [0.25, 0.3) is 5.91 Å². The van der Waals surface area contributed by atoms with Crippen LogP contribution in [-0.4, -0.2) is 23.2 Å². The first kappa shape index (κ1) is 13.2. The third-order valence-corrected chi connectivity index (χ3v) is 4.16. The standard InChI is InChI=1S/C16H19NO3/c1-11-12-6-2-3-7-13(12)20-14(11)15(18)17-10-16(19)8-4-5-9-16/h2-3,6-7,19H,4-5,8-10H2,1H3,(H,17,18). The summed E-state index contributed by atoms with van der Waals surface area (Å²) in [4.78, 5) is 12.2. The molecule has 1 heterocycles. The van der Waals surface area contributed by atoms with E-state index in [9.17, 15) is 9.90 Å². The Morgan fingerprint density at radius 2 is 2.05 bits per heavy atom. The third kappa shape index (κ3) is 2.31. The van der Waals surface area contributed by atoms with Crippen LogP contribution in [0.3, 0.4) is 0 Å². The highest BCUT2D eigenvalue weighted by molar-refractivity contribution is 5.98. The quantitative estimate of drug-likeness (QED) is 0.904. The van der Waals surface area contributed by atoms with E-state index in [1.54, 1.807) is 0 Å². The van der Waals surface area contributed by atoms with Gasteiger partial charge in [-0.2, -0.15) is 0 Å². The summed E-state index contributed by atoms with van der Waals surface area (Å²) in [5, 5.41) is 14.0. The van der Waals surface area contributed by atoms with Gasteiger partial charge in [0.1, 0.15) is 5.58 Å². The molecule has 106 valence electrons. The van der Waals surface area contributed by atoms with Crippen LogP contribution in [0.15, 0.2) is 28.7 Å². The van der Waals surface area contributed by atoms with Gasteiger partial charge < -0.3 is 14.8 Å². The van der Waals surface area contributed by atoms with E-state index in [2.05, 4.69) is 5.32 Å². The highest BCUT2D eigenvalue weighted by Gasteiger charge is 2.32. The van der Waals surface area contributed by atoms with E-state index < -0.39 is 5.60 Å². The molecule has 0 unspecified atom stereocenters. The second kappa shape index (κ2) is 4.94. The maximum absolute atomic E-state index is 12.2. The fourth-order valence-electron chi connectivity index (χ4n) is 2.93. The Kier molecular flexibility index (Phi) is 3.26. The largest absolute Gasteiger partial charge is 0.451 e. The summed E-state index contributed by atoms with van der Waals surface area (Å²) < 4.78 is 5.62. The number of fused-ring (bicyclic) bond motifs is 1. The van der Waals surface area contributed by atoms with E-state index in [1.165, 1.54) is 0 Å². The second-order valence-electron chi connectivity index (χ2n) is 5.67. The number of aryl methyl sites for hydroxylation is 1. The molecule has 1 amide bonds. The summed E-state index contributed by atoms with van der Waals surface area (Å²) in [5.41, 5.74) is 0.821. The summed E-state index contributed by atoms with van der Waals surface area (Å²) >= 11 is 0. The Morgan fingerprint density at radius 3 is 2.75 bits per heavy atom. The van der Waals surface area contributed by atoms with Crippen LogP contribution < -0.4 is 5.32 Å². The molecule has 0 radical (unpaired) electrons. The molecule has 2 N–H and O–H groups in total. The summed E-state index contributed by atoms with van der Waals surface area (Å²) in [7, 11) is 0. The molecule has 4 nitrogen and oxygen atoms in total. The van der Waals surface area contributed by atoms with Crippen LogP contribution in [0.4, 0.5) is 0 Å². The van der Waals surface area contributed by atoms with Crippen molar-refractivity contribution < 1.29 is 14.3 Å². The van der Waals surface area contributed by atoms with E-state index in [-0.39, 0.29) is 5.91 Å². The molecule has 20 heavy (non-hydrogen) atoms. The SMILES string of the molecule is Cc1c(C(=O)NCC2(O)CCCC2)oc2ccccc12. The molecule has 0 aliphatic heterocycles. The van der Waals surface area contributed by atoms with Crippen LogP contribution in [0.1, 0.15) is 41.8 Å². The maximum atomic E-state index is 12.2. The van der Waals surface area contributed by atoms with Crippen molar-refractivity contribution in [2.24, 2.45) is 0 Å². The maximum Gasteiger partial charge on any atom is 0.287 e. The lowest BCUT2D eigenvalue weighted by Gasteiger charge is -2.21. The third-order valence-electron chi connectivity index (χ3n) is 4.16. The average Bonchev–Trinajstić information content (AvgIpc) is 3.02. The van der Waals surface area contributed by atoms with Crippen molar-refractivity contribution in [1.82, 2.24) is 5.32 Å². The second-order valence-corrected chi connectivity index (χ2v) is 5.67. The molecule has 0 atom stereocenters. The molecule has 1 aromatic carbocycles. The molecule has 1 aliphatic rings. The van der Waals surface area contributed by atoms with Crippen molar-refractivity contribution in [3.05, 3.63) is 35.6 Å². The molecule has 3 rings (SSSR count). The van der Waals surface area contributed by atoms with Gasteiger partial charge >= 0.3 is 0 Å². The van der Waals surface area contributed by atoms with Gasteiger partial charge in [-0.3, -0.25) is 4.79 Å². The Morgan fingerprint density at radius 1 is 1.35 bits per heavy atom. The van der Waals surface area contributed by atoms with Crippen molar-refractivity contribution >= 4 is 16.9 Å². The van der Waals surface area contributed by atoms with Crippen molar-refractivity contribution in [2.75, 3.05) is 6.54 Å². The molecule has 0 bridgehead atoms. The molecule has 4 heteroatoms. The van der Waals surface area contributed by atoms with Crippen LogP contribution in [-0.2, 0) is 0 Å². The van der Waals surface area contributed by atoms with Gasteiger partial charge in [0.15, 0.2) is 5.76 Å². The Bertz CT molecular complexity index is 638. The number of nitrogens with one attached hydrogen (secondary N) is 1. The van der Waals surface area contributed by atoms with E-state index in [0.29, 0.717) is 12.3 Å². The van der Waals surface area contributed by atoms with Gasteiger partial charge in [0.05, 0.1) is 5.60 Å². The zero-order chi connectivity index (χ0) is 14.2. The predicted molar refractivity (Wildman–Crippen MR) is 76.7 cm³/mol. The zero-order valence-electron chi connectivity index (χ0n) is 11.6. The summed E-state index contributed by atoms with van der Waals surface area (Å²) in [6.07, 6.45) is 3.56. The van der Waals surface area contributed by atoms with Crippen LogP contribution in [0, 0.1) is 6.92 Å². The number of rotatable bonds is 3. The van der Waals surface area contributed by atoms with E-state index >= 15 is 0 Å². The summed E-state index contributed by atoms with van der Waals surface area (Å²) in [6, 6.07) is 7.60. The first-order chi connectivity index (χ1) is 9.59. The van der Waals surface area contributed by atoms with Crippen LogP contribution in [0.25, 0.3) is 11.0 Å². The van der Waals surface area contributed by atoms with Crippen LogP contribution in [0.5, 0.6) is 0 Å². The Hall–Kier alpha value is -1.81. The molecule has 2 aromatic rings. The van der Waals surface area contributed by atoms with Gasteiger partial charge in [-0.25, -0.2) is 0 Å². The van der Waals surface area contributed by atoms with Crippen LogP contribution in [0.2, 0.25) is 0 Å². The number of amides is 1. The van der Waals surface area contributed by atoms with Crippen LogP contribution >= 0.6 is 0 Å². The molecule has 1 fully saturated rings. The minimum absolute atomic E-state index is 0.251. The Balaban J connectivity index is 1.77. The minimum Gasteiger partial charge on any atom is -0.451 e. The monoisotopic (exact) mass is 273 g/mol. The lowest BCUT2D eigenvalue weighted by Crippen LogP contribution is -2.40. The van der Waals surface area contributed by atoms with Crippen molar-refractivity contribution in [2.45, 2.75) is 38.2 Å². The highest BCUT2D eigenvalue weighted by atomic mass is 16.3. The lowest BCUT2D eigenvalue weighted by molar-refractivity contribution is 0.0444. The van der Waals surface area contributed by atoms with Crippen molar-refractivity contribution in [3.63, 3.8) is 0 Å². The van der Waals surface area contributed by atoms with E-state index in [4.69, 9.17) is 4.42 Å². The minimum atomic E-state index is -0.740. The fraction of sp³-hybridized carbons (Fsp3) is 0.438. The number of hydrogen-bond donors (Lipinski definition) is 2. The number of carbonyl (C=O) groups excluding carboxylic acids is 1. The fourth-order valence-corrected chi connectivity index (χ4v) is 2.93. The van der Waals surface area contributed by atoms with Gasteiger partial charge in [0.2, 0.25) is 0 Å². The number of aliphatic hydroxyl groups is 1. The average molecular weight is 273 g/mol. The molecule has 0 saturated heterocycles. The van der Waals surface area contributed by atoms with Gasteiger partial charge in [-0.15, -0.1) is 0 Å². The van der Waals surface area contributed by atoms with Gasteiger partial charge in [-0.1, -0.05) is 31.0 Å². The molecule has 1 saturated carbocycles. The van der Waals surface area contributed by atoms with Crippen molar-refractivity contribution in [1.29, 1.82) is 0 Å². The number of hydrogen-bond acceptors (Lipinski definition) is 3. The number of carbonyl (C=O) groups is 1. The Labute approximate surface area is 117 Å². The van der Waals surface area contributed by atoms with Crippen molar-refractivity contribution in [3.8, 4) is 0 Å². The molecule has 0 spiro atoms. The topological polar surface area (TPSA) is 62.5 Å². The zero-order valence-corrected chi connectivity index (χ0v) is 11.6. The normalized spacial score (nSPS) is 17.5. The molecule has 1 aliphatic carbocycles. The summed E-state index contributed by atoms with van der Waals surface area (Å²) in [6.45, 7) is 2.17. The number of benzene rings is 1. The predicted octanol–water partition coefficient (Wildman–Crippen LogP) is 2.78. The van der Waals surface area contributed by atoms with E-state index in [1.807, 2.05) is 31.2 Å². The lowest BCUT2D eigenvalue weighted by atomic mass is 10.0. The molecule has 1 aromatic heterocycles.